The average Bonchev–Trinajstić information content (AvgIpc) is 3.16. The third-order valence-electron chi connectivity index (χ3n) is 3.92. The summed E-state index contributed by atoms with van der Waals surface area (Å²) in [5.74, 6) is 0.752. The normalized spacial score (nSPS) is 11.0. The maximum absolute atomic E-state index is 11.9. The summed E-state index contributed by atoms with van der Waals surface area (Å²) in [6.45, 7) is 1.82. The molecule has 8 nitrogen and oxygen atoms in total. The van der Waals surface area contributed by atoms with Crippen LogP contribution in [-0.2, 0) is 0 Å². The Kier molecular flexibility index (Phi) is 4.75. The van der Waals surface area contributed by atoms with Gasteiger partial charge < -0.3 is 4.74 Å². The number of H-pyrrole nitrogens is 1. The number of nitrogens with zero attached hydrogens (tertiary/aromatic N) is 4. The van der Waals surface area contributed by atoms with E-state index in [1.165, 1.54) is 6.33 Å². The minimum absolute atomic E-state index is 0.287. The number of carbonyl (C=O) groups is 1. The molecule has 1 amide bonds. The molecule has 2 heterocycles. The highest BCUT2D eigenvalue weighted by atomic mass is 16.5. The van der Waals surface area contributed by atoms with E-state index in [4.69, 9.17) is 4.74 Å². The highest BCUT2D eigenvalue weighted by Crippen LogP contribution is 2.26. The fourth-order valence-electron chi connectivity index (χ4n) is 2.55. The number of amides is 1. The number of aromatic amines is 1. The predicted octanol–water partition coefficient (Wildman–Crippen LogP) is 3.22. The predicted molar refractivity (Wildman–Crippen MR) is 104 cm³/mol. The molecule has 0 saturated heterocycles. The number of hydrogen-bond acceptors (Lipinski definition) is 6. The highest BCUT2D eigenvalue weighted by molar-refractivity contribution is 5.93. The Hall–Kier alpha value is -4.07. The monoisotopic (exact) mass is 372 g/mol. The molecule has 2 aromatic carbocycles. The molecule has 0 radical (unpaired) electrons. The molecule has 2 aromatic heterocycles. The first kappa shape index (κ1) is 17.3. The van der Waals surface area contributed by atoms with Crippen molar-refractivity contribution in [2.75, 3.05) is 0 Å². The van der Waals surface area contributed by atoms with Gasteiger partial charge in [-0.05, 0) is 55.0 Å². The second-order valence-electron chi connectivity index (χ2n) is 6.00. The van der Waals surface area contributed by atoms with Crippen molar-refractivity contribution in [1.29, 1.82) is 0 Å². The summed E-state index contributed by atoms with van der Waals surface area (Å²) < 4.78 is 5.87. The lowest BCUT2D eigenvalue weighted by molar-refractivity contribution is 0.0950. The molecule has 0 aliphatic rings. The Bertz CT molecular complexity index is 1150. The van der Waals surface area contributed by atoms with Crippen LogP contribution in [0.5, 0.6) is 11.6 Å². The molecule has 0 saturated carbocycles. The number of nitrogens with one attached hydrogen (secondary N) is 2. The third-order valence-corrected chi connectivity index (χ3v) is 3.92. The molecule has 0 aliphatic heterocycles. The zero-order valence-corrected chi connectivity index (χ0v) is 15.0. The zero-order valence-electron chi connectivity index (χ0n) is 15.0. The van der Waals surface area contributed by atoms with Gasteiger partial charge in [0, 0.05) is 5.69 Å². The van der Waals surface area contributed by atoms with Gasteiger partial charge in [0.15, 0.2) is 5.69 Å². The van der Waals surface area contributed by atoms with Crippen molar-refractivity contribution in [3.8, 4) is 11.6 Å². The number of rotatable bonds is 5. The maximum atomic E-state index is 11.9. The van der Waals surface area contributed by atoms with Gasteiger partial charge in [0.2, 0.25) is 5.88 Å². The van der Waals surface area contributed by atoms with Crippen molar-refractivity contribution in [2.45, 2.75) is 6.92 Å². The fraction of sp³-hybridized carbons (Fsp3) is 0.0500. The number of hydrogen-bond donors (Lipinski definition) is 2. The van der Waals surface area contributed by atoms with E-state index in [0.29, 0.717) is 11.6 Å². The first-order chi connectivity index (χ1) is 13.7. The number of fused-ring (bicyclic) bond motifs is 1. The average molecular weight is 372 g/mol. The van der Waals surface area contributed by atoms with Gasteiger partial charge in [-0.2, -0.15) is 10.2 Å². The Morgan fingerprint density at radius 2 is 1.96 bits per heavy atom. The zero-order chi connectivity index (χ0) is 19.3. The van der Waals surface area contributed by atoms with Gasteiger partial charge in [0.25, 0.3) is 5.91 Å². The lowest BCUT2D eigenvalue weighted by Gasteiger charge is -2.07. The molecule has 138 valence electrons. The van der Waals surface area contributed by atoms with Crippen LogP contribution < -0.4 is 10.2 Å². The first-order valence-corrected chi connectivity index (χ1v) is 8.52. The molecule has 0 unspecified atom stereocenters. The summed E-state index contributed by atoms with van der Waals surface area (Å²) in [6.07, 6.45) is 3.02. The molecule has 28 heavy (non-hydrogen) atoms. The second-order valence-corrected chi connectivity index (χ2v) is 6.00. The van der Waals surface area contributed by atoms with Crippen LogP contribution >= 0.6 is 0 Å². The topological polar surface area (TPSA) is 105 Å². The van der Waals surface area contributed by atoms with Crippen molar-refractivity contribution in [3.05, 3.63) is 77.9 Å². The fourth-order valence-corrected chi connectivity index (χ4v) is 2.55. The molecule has 4 aromatic rings. The summed E-state index contributed by atoms with van der Waals surface area (Å²) in [7, 11) is 0. The van der Waals surface area contributed by atoms with Crippen LogP contribution in [-0.4, -0.2) is 32.3 Å². The largest absolute Gasteiger partial charge is 0.438 e. The summed E-state index contributed by atoms with van der Waals surface area (Å²) in [4.78, 5) is 20.3. The smallest absolute Gasteiger partial charge is 0.291 e. The van der Waals surface area contributed by atoms with Gasteiger partial charge in [0.1, 0.15) is 12.1 Å². The van der Waals surface area contributed by atoms with Gasteiger partial charge in [-0.1, -0.05) is 12.1 Å². The molecule has 0 bridgehead atoms. The molecular weight excluding hydrogens is 356 g/mol. The van der Waals surface area contributed by atoms with Gasteiger partial charge in [0.05, 0.1) is 17.1 Å². The van der Waals surface area contributed by atoms with E-state index < -0.39 is 0 Å². The molecule has 2 N–H and O–H groups in total. The standard InChI is InChI=1S/C20H16N6O2/c1-13-10-18(25-24-13)19(27)26-23-11-14-6-8-15(9-7-14)28-20-16-4-2-3-5-17(16)21-12-22-20/h2-12H,1H3,(H,24,25)(H,26,27). The Labute approximate surface area is 160 Å². The molecule has 8 heteroatoms. The second kappa shape index (κ2) is 7.67. The molecule has 0 aliphatic carbocycles. The van der Waals surface area contributed by atoms with Crippen LogP contribution in [0.4, 0.5) is 0 Å². The Morgan fingerprint density at radius 1 is 1.14 bits per heavy atom. The summed E-state index contributed by atoms with van der Waals surface area (Å²) >= 11 is 0. The maximum Gasteiger partial charge on any atom is 0.291 e. The van der Waals surface area contributed by atoms with Crippen LogP contribution in [0.15, 0.2) is 66.0 Å². The molecular formula is C20H16N6O2. The lowest BCUT2D eigenvalue weighted by atomic mass is 10.2. The Morgan fingerprint density at radius 3 is 2.75 bits per heavy atom. The van der Waals surface area contributed by atoms with Crippen molar-refractivity contribution >= 4 is 23.0 Å². The van der Waals surface area contributed by atoms with Crippen LogP contribution in [0, 0.1) is 6.92 Å². The first-order valence-electron chi connectivity index (χ1n) is 8.52. The van der Waals surface area contributed by atoms with Crippen LogP contribution in [0.1, 0.15) is 21.7 Å². The molecule has 0 spiro atoms. The van der Waals surface area contributed by atoms with Gasteiger partial charge >= 0.3 is 0 Å². The van der Waals surface area contributed by atoms with Crippen LogP contribution in [0.25, 0.3) is 10.9 Å². The van der Waals surface area contributed by atoms with Gasteiger partial charge in [-0.3, -0.25) is 9.89 Å². The van der Waals surface area contributed by atoms with E-state index >= 15 is 0 Å². The van der Waals surface area contributed by atoms with Gasteiger partial charge in [-0.15, -0.1) is 0 Å². The van der Waals surface area contributed by atoms with Crippen molar-refractivity contribution in [1.82, 2.24) is 25.6 Å². The Balaban J connectivity index is 1.41. The SMILES string of the molecule is Cc1cc(C(=O)NN=Cc2ccc(Oc3ncnc4ccccc34)cc2)n[nH]1. The van der Waals surface area contributed by atoms with E-state index in [1.54, 1.807) is 24.4 Å². The number of para-hydroxylation sites is 1. The van der Waals surface area contributed by atoms with Crippen LogP contribution in [0.2, 0.25) is 0 Å². The number of carbonyl (C=O) groups excluding carboxylic acids is 1. The van der Waals surface area contributed by atoms with Crippen molar-refractivity contribution < 1.29 is 9.53 Å². The number of aromatic nitrogens is 4. The number of benzene rings is 2. The van der Waals surface area contributed by atoms with Gasteiger partial charge in [-0.25, -0.2) is 15.4 Å². The van der Waals surface area contributed by atoms with E-state index in [2.05, 4.69) is 30.7 Å². The number of hydrazone groups is 1. The molecule has 0 atom stereocenters. The van der Waals surface area contributed by atoms with E-state index in [9.17, 15) is 4.79 Å². The highest BCUT2D eigenvalue weighted by Gasteiger charge is 2.07. The number of ether oxygens (including phenoxy) is 1. The quantitative estimate of drug-likeness (QED) is 0.413. The van der Waals surface area contributed by atoms with E-state index in [0.717, 1.165) is 22.2 Å². The van der Waals surface area contributed by atoms with Crippen molar-refractivity contribution in [3.63, 3.8) is 0 Å². The summed E-state index contributed by atoms with van der Waals surface area (Å²) in [5, 5.41) is 11.4. The molecule has 0 fully saturated rings. The summed E-state index contributed by atoms with van der Waals surface area (Å²) in [5.41, 5.74) is 5.15. The lowest BCUT2D eigenvalue weighted by Crippen LogP contribution is -2.17. The van der Waals surface area contributed by atoms with Crippen LogP contribution in [0.3, 0.4) is 0 Å². The van der Waals surface area contributed by atoms with E-state index in [1.807, 2.05) is 43.3 Å². The minimum Gasteiger partial charge on any atom is -0.438 e. The van der Waals surface area contributed by atoms with E-state index in [-0.39, 0.29) is 11.6 Å². The summed E-state index contributed by atoms with van der Waals surface area (Å²) in [6, 6.07) is 16.6. The number of aryl methyl sites for hydroxylation is 1. The third kappa shape index (κ3) is 3.85. The molecule has 4 rings (SSSR count). The minimum atomic E-state index is -0.379. The van der Waals surface area contributed by atoms with Crippen molar-refractivity contribution in [2.24, 2.45) is 5.10 Å².